The zero-order valence-corrected chi connectivity index (χ0v) is 15.0. The van der Waals surface area contributed by atoms with E-state index in [1.54, 1.807) is 48.7 Å². The van der Waals surface area contributed by atoms with Gasteiger partial charge in [0.25, 0.3) is 0 Å². The van der Waals surface area contributed by atoms with Crippen molar-refractivity contribution in [1.82, 2.24) is 4.57 Å². The van der Waals surface area contributed by atoms with E-state index in [0.29, 0.717) is 11.4 Å². The van der Waals surface area contributed by atoms with Crippen molar-refractivity contribution in [2.45, 2.75) is 13.8 Å². The third kappa shape index (κ3) is 3.34. The van der Waals surface area contributed by atoms with Gasteiger partial charge in [-0.05, 0) is 50.2 Å². The number of halogens is 1. The maximum absolute atomic E-state index is 11.3. The molecule has 0 radical (unpaired) electrons. The number of hydrogen-bond acceptors (Lipinski definition) is 3. The normalized spacial score (nSPS) is 11.2. The minimum absolute atomic E-state index is 0.0566. The number of carboxylic acid groups (broad SMARTS) is 1. The number of phenolic OH excluding ortho intramolecular Hbond substituents is 1. The summed E-state index contributed by atoms with van der Waals surface area (Å²) in [6.07, 6.45) is 1.68. The molecule has 0 atom stereocenters. The van der Waals surface area contributed by atoms with Gasteiger partial charge in [0.2, 0.25) is 0 Å². The summed E-state index contributed by atoms with van der Waals surface area (Å²) in [5.41, 5.74) is 3.96. The number of benzene rings is 2. The molecule has 0 spiro atoms. The first-order valence-corrected chi connectivity index (χ1v) is 8.30. The number of aromatic carboxylic acids is 1. The molecule has 1 heterocycles. The highest BCUT2D eigenvalue weighted by atomic mass is 35.5. The van der Waals surface area contributed by atoms with Crippen molar-refractivity contribution in [2.75, 3.05) is 0 Å². The van der Waals surface area contributed by atoms with Crippen LogP contribution >= 0.6 is 11.6 Å². The van der Waals surface area contributed by atoms with Crippen LogP contribution in [0.15, 0.2) is 53.5 Å². The first-order valence-electron chi connectivity index (χ1n) is 7.92. The Morgan fingerprint density at radius 1 is 1.15 bits per heavy atom. The summed E-state index contributed by atoms with van der Waals surface area (Å²) in [5.74, 6) is -0.956. The van der Waals surface area contributed by atoms with Crippen LogP contribution < -0.4 is 0 Å². The van der Waals surface area contributed by atoms with Crippen LogP contribution in [0, 0.1) is 13.8 Å². The van der Waals surface area contributed by atoms with Crippen LogP contribution in [0.3, 0.4) is 0 Å². The molecule has 0 fully saturated rings. The van der Waals surface area contributed by atoms with Gasteiger partial charge in [-0.15, -0.1) is 0 Å². The number of carboxylic acids is 1. The first kappa shape index (κ1) is 17.8. The molecule has 26 heavy (non-hydrogen) atoms. The third-order valence-electron chi connectivity index (χ3n) is 4.13. The molecule has 2 aromatic carbocycles. The second kappa shape index (κ2) is 7.06. The molecule has 132 valence electrons. The SMILES string of the molecule is Cc1cc(C=Nc2ccccc2O)c(C)n1-c1ccc(Cl)c(C(=O)O)c1. The number of carbonyl (C=O) groups is 1. The minimum atomic E-state index is -1.07. The molecule has 1 aromatic heterocycles. The number of aryl methyl sites for hydroxylation is 1. The van der Waals surface area contributed by atoms with Gasteiger partial charge in [0, 0.05) is 28.9 Å². The number of para-hydroxylation sites is 2. The largest absolute Gasteiger partial charge is 0.506 e. The molecule has 0 unspecified atom stereocenters. The molecule has 0 amide bonds. The van der Waals surface area contributed by atoms with Crippen molar-refractivity contribution in [1.29, 1.82) is 0 Å². The number of phenols is 1. The summed E-state index contributed by atoms with van der Waals surface area (Å²) >= 11 is 5.96. The van der Waals surface area contributed by atoms with Gasteiger partial charge in [0.05, 0.1) is 10.6 Å². The van der Waals surface area contributed by atoms with E-state index in [2.05, 4.69) is 4.99 Å². The molecule has 3 aromatic rings. The van der Waals surface area contributed by atoms with E-state index in [1.165, 1.54) is 0 Å². The molecule has 5 nitrogen and oxygen atoms in total. The highest BCUT2D eigenvalue weighted by Crippen LogP contribution is 2.27. The van der Waals surface area contributed by atoms with E-state index in [9.17, 15) is 15.0 Å². The Morgan fingerprint density at radius 2 is 1.88 bits per heavy atom. The Hall–Kier alpha value is -3.05. The lowest BCUT2D eigenvalue weighted by Gasteiger charge is -2.11. The van der Waals surface area contributed by atoms with Crippen molar-refractivity contribution < 1.29 is 15.0 Å². The summed E-state index contributed by atoms with van der Waals surface area (Å²) in [7, 11) is 0. The first-order chi connectivity index (χ1) is 12.4. The van der Waals surface area contributed by atoms with Crippen molar-refractivity contribution in [3.8, 4) is 11.4 Å². The lowest BCUT2D eigenvalue weighted by atomic mass is 10.2. The van der Waals surface area contributed by atoms with Gasteiger partial charge >= 0.3 is 5.97 Å². The summed E-state index contributed by atoms with van der Waals surface area (Å²) in [5, 5.41) is 19.3. The van der Waals surface area contributed by atoms with Gasteiger partial charge in [-0.3, -0.25) is 4.99 Å². The topological polar surface area (TPSA) is 74.8 Å². The zero-order valence-electron chi connectivity index (χ0n) is 14.3. The van der Waals surface area contributed by atoms with Crippen molar-refractivity contribution in [3.05, 3.63) is 76.1 Å². The molecular formula is C20H17ClN2O3. The molecule has 2 N–H and O–H groups in total. The van der Waals surface area contributed by atoms with Crippen LogP contribution in [0.25, 0.3) is 5.69 Å². The summed E-state index contributed by atoms with van der Waals surface area (Å²) < 4.78 is 1.94. The van der Waals surface area contributed by atoms with E-state index in [1.807, 2.05) is 24.5 Å². The zero-order chi connectivity index (χ0) is 18.8. The predicted octanol–water partition coefficient (Wildman–Crippen LogP) is 4.90. The van der Waals surface area contributed by atoms with Crippen LogP contribution in [0.2, 0.25) is 5.02 Å². The van der Waals surface area contributed by atoms with Gasteiger partial charge in [-0.2, -0.15) is 0 Å². The minimum Gasteiger partial charge on any atom is -0.506 e. The van der Waals surface area contributed by atoms with E-state index >= 15 is 0 Å². The van der Waals surface area contributed by atoms with E-state index in [4.69, 9.17) is 11.6 Å². The van der Waals surface area contributed by atoms with Crippen molar-refractivity contribution in [3.63, 3.8) is 0 Å². The van der Waals surface area contributed by atoms with Gasteiger partial charge in [-0.25, -0.2) is 4.79 Å². The van der Waals surface area contributed by atoms with Crippen LogP contribution in [0.5, 0.6) is 5.75 Å². The number of aliphatic imine (C=N–C) groups is 1. The maximum Gasteiger partial charge on any atom is 0.337 e. The fourth-order valence-corrected chi connectivity index (χ4v) is 3.04. The van der Waals surface area contributed by atoms with Gasteiger partial charge in [0.15, 0.2) is 0 Å². The lowest BCUT2D eigenvalue weighted by molar-refractivity contribution is 0.0697. The molecule has 0 aliphatic carbocycles. The van der Waals surface area contributed by atoms with Crippen LogP contribution in [0.4, 0.5) is 5.69 Å². The second-order valence-electron chi connectivity index (χ2n) is 5.88. The Kier molecular flexibility index (Phi) is 4.82. The Bertz CT molecular complexity index is 1020. The summed E-state index contributed by atoms with van der Waals surface area (Å²) in [6, 6.07) is 13.7. The Balaban J connectivity index is 2.03. The van der Waals surface area contributed by atoms with Gasteiger partial charge < -0.3 is 14.8 Å². The highest BCUT2D eigenvalue weighted by Gasteiger charge is 2.14. The fraction of sp³-hybridized carbons (Fsp3) is 0.100. The summed E-state index contributed by atoms with van der Waals surface area (Å²) in [6.45, 7) is 3.85. The highest BCUT2D eigenvalue weighted by molar-refractivity contribution is 6.33. The monoisotopic (exact) mass is 368 g/mol. The van der Waals surface area contributed by atoms with E-state index in [0.717, 1.165) is 17.0 Å². The van der Waals surface area contributed by atoms with Crippen molar-refractivity contribution >= 4 is 29.5 Å². The van der Waals surface area contributed by atoms with Gasteiger partial charge in [-0.1, -0.05) is 23.7 Å². The lowest BCUT2D eigenvalue weighted by Crippen LogP contribution is -2.03. The Labute approximate surface area is 155 Å². The fourth-order valence-electron chi connectivity index (χ4n) is 2.84. The number of hydrogen-bond donors (Lipinski definition) is 2. The molecule has 0 bridgehead atoms. The van der Waals surface area contributed by atoms with Crippen LogP contribution in [-0.4, -0.2) is 27.0 Å². The molecule has 6 heteroatoms. The maximum atomic E-state index is 11.3. The number of nitrogens with zero attached hydrogens (tertiary/aromatic N) is 2. The van der Waals surface area contributed by atoms with Gasteiger partial charge in [0.1, 0.15) is 11.4 Å². The summed E-state index contributed by atoms with van der Waals surface area (Å²) in [4.78, 5) is 15.7. The average Bonchev–Trinajstić information content (AvgIpc) is 2.88. The number of aromatic hydroxyl groups is 1. The average molecular weight is 369 g/mol. The molecule has 0 saturated carbocycles. The standard InChI is InChI=1S/C20H17ClN2O3/c1-12-9-14(11-22-18-5-3-4-6-19(18)24)13(2)23(12)15-7-8-17(21)16(10-15)20(25)26/h3-11,24H,1-2H3,(H,25,26). The van der Waals surface area contributed by atoms with Crippen LogP contribution in [0.1, 0.15) is 27.3 Å². The molecule has 0 saturated heterocycles. The predicted molar refractivity (Wildman–Crippen MR) is 103 cm³/mol. The number of aromatic nitrogens is 1. The molecule has 0 aliphatic heterocycles. The Morgan fingerprint density at radius 3 is 2.58 bits per heavy atom. The van der Waals surface area contributed by atoms with E-state index < -0.39 is 5.97 Å². The number of rotatable bonds is 4. The second-order valence-corrected chi connectivity index (χ2v) is 6.29. The quantitative estimate of drug-likeness (QED) is 0.643. The smallest absolute Gasteiger partial charge is 0.337 e. The molecule has 3 rings (SSSR count). The van der Waals surface area contributed by atoms with Crippen molar-refractivity contribution in [2.24, 2.45) is 4.99 Å². The molecule has 0 aliphatic rings. The molecular weight excluding hydrogens is 352 g/mol. The van der Waals surface area contributed by atoms with E-state index in [-0.39, 0.29) is 16.3 Å². The van der Waals surface area contributed by atoms with Crippen LogP contribution in [-0.2, 0) is 0 Å². The third-order valence-corrected chi connectivity index (χ3v) is 4.46.